The maximum atomic E-state index is 11.1. The van der Waals surface area contributed by atoms with Crippen molar-refractivity contribution in [2.24, 2.45) is 4.99 Å². The highest BCUT2D eigenvalue weighted by atomic mass is 16.1. The highest BCUT2D eigenvalue weighted by Crippen LogP contribution is 2.21. The molecular weight excluding hydrogens is 336 g/mol. The summed E-state index contributed by atoms with van der Waals surface area (Å²) in [6, 6.07) is 18.4. The molecule has 5 nitrogen and oxygen atoms in total. The molecule has 0 aromatic heterocycles. The molecule has 0 radical (unpaired) electrons. The number of rotatable bonds is 7. The average molecular weight is 367 g/mol. The first-order chi connectivity index (χ1) is 12.9. The minimum atomic E-state index is -0.0577. The molecule has 0 spiro atoms. The molecule has 2 rings (SSSR count). The molecule has 0 heterocycles. The predicted molar refractivity (Wildman–Crippen MR) is 113 cm³/mol. The van der Waals surface area contributed by atoms with Crippen molar-refractivity contribution in [2.45, 2.75) is 32.6 Å². The van der Waals surface area contributed by atoms with E-state index in [2.05, 4.69) is 59.1 Å². The van der Waals surface area contributed by atoms with Crippen molar-refractivity contribution >= 4 is 17.6 Å². The van der Waals surface area contributed by atoms with Gasteiger partial charge in [0.05, 0.1) is 0 Å². The SMILES string of the molecule is CN=C(NCCc1ccc(NC(C)=O)cc1)NCC(C)(C)c1ccccc1. The van der Waals surface area contributed by atoms with E-state index >= 15 is 0 Å². The quantitative estimate of drug-likeness (QED) is 0.520. The van der Waals surface area contributed by atoms with Crippen LogP contribution in [0.2, 0.25) is 0 Å². The largest absolute Gasteiger partial charge is 0.356 e. The van der Waals surface area contributed by atoms with Crippen LogP contribution in [0.15, 0.2) is 59.6 Å². The topological polar surface area (TPSA) is 65.5 Å². The summed E-state index contributed by atoms with van der Waals surface area (Å²) >= 11 is 0. The molecule has 0 saturated heterocycles. The fourth-order valence-electron chi connectivity index (χ4n) is 2.80. The molecule has 27 heavy (non-hydrogen) atoms. The number of guanidine groups is 1. The van der Waals surface area contributed by atoms with Gasteiger partial charge < -0.3 is 16.0 Å². The lowest BCUT2D eigenvalue weighted by molar-refractivity contribution is -0.114. The molecule has 0 aliphatic rings. The van der Waals surface area contributed by atoms with Gasteiger partial charge in [-0.2, -0.15) is 0 Å². The highest BCUT2D eigenvalue weighted by Gasteiger charge is 2.20. The molecule has 0 atom stereocenters. The molecule has 2 aromatic rings. The maximum Gasteiger partial charge on any atom is 0.221 e. The van der Waals surface area contributed by atoms with Crippen molar-refractivity contribution in [3.05, 3.63) is 65.7 Å². The van der Waals surface area contributed by atoms with Crippen molar-refractivity contribution in [3.8, 4) is 0 Å². The second kappa shape index (κ2) is 9.76. The third-order valence-electron chi connectivity index (χ3n) is 4.46. The number of hydrogen-bond donors (Lipinski definition) is 3. The lowest BCUT2D eigenvalue weighted by Crippen LogP contribution is -2.44. The summed E-state index contributed by atoms with van der Waals surface area (Å²) in [7, 11) is 1.78. The van der Waals surface area contributed by atoms with Gasteiger partial charge >= 0.3 is 0 Å². The van der Waals surface area contributed by atoms with Gasteiger partial charge in [-0.1, -0.05) is 56.3 Å². The van der Waals surface area contributed by atoms with Gasteiger partial charge in [0, 0.05) is 38.2 Å². The molecule has 0 unspecified atom stereocenters. The van der Waals surface area contributed by atoms with Crippen LogP contribution in [-0.4, -0.2) is 32.0 Å². The van der Waals surface area contributed by atoms with E-state index in [1.165, 1.54) is 18.1 Å². The first-order valence-corrected chi connectivity index (χ1v) is 9.27. The van der Waals surface area contributed by atoms with Gasteiger partial charge in [0.2, 0.25) is 5.91 Å². The second-order valence-electron chi connectivity index (χ2n) is 7.23. The van der Waals surface area contributed by atoms with E-state index in [0.717, 1.165) is 31.2 Å². The Bertz CT molecular complexity index is 752. The second-order valence-corrected chi connectivity index (χ2v) is 7.23. The number of aliphatic imine (C=N–C) groups is 1. The van der Waals surface area contributed by atoms with Crippen LogP contribution < -0.4 is 16.0 Å². The zero-order chi connectivity index (χ0) is 19.7. The maximum absolute atomic E-state index is 11.1. The van der Waals surface area contributed by atoms with Crippen LogP contribution in [0.25, 0.3) is 0 Å². The zero-order valence-electron chi connectivity index (χ0n) is 16.7. The van der Waals surface area contributed by atoms with Crippen molar-refractivity contribution in [1.29, 1.82) is 0 Å². The van der Waals surface area contributed by atoms with E-state index in [0.29, 0.717) is 0 Å². The minimum absolute atomic E-state index is 0.0123. The number of nitrogens with one attached hydrogen (secondary N) is 3. The summed E-state index contributed by atoms with van der Waals surface area (Å²) in [4.78, 5) is 15.4. The Morgan fingerprint density at radius 3 is 2.26 bits per heavy atom. The summed E-state index contributed by atoms with van der Waals surface area (Å²) in [5.41, 5.74) is 3.34. The lowest BCUT2D eigenvalue weighted by atomic mass is 9.85. The number of nitrogens with zero attached hydrogens (tertiary/aromatic N) is 1. The van der Waals surface area contributed by atoms with E-state index < -0.39 is 0 Å². The first-order valence-electron chi connectivity index (χ1n) is 9.27. The molecule has 2 aromatic carbocycles. The normalized spacial score (nSPS) is 11.8. The molecule has 0 saturated carbocycles. The molecule has 0 fully saturated rings. The van der Waals surface area contributed by atoms with Crippen LogP contribution in [0.1, 0.15) is 31.9 Å². The predicted octanol–water partition coefficient (Wildman–Crippen LogP) is 3.33. The molecule has 144 valence electrons. The minimum Gasteiger partial charge on any atom is -0.356 e. The van der Waals surface area contributed by atoms with Gasteiger partial charge in [-0.15, -0.1) is 0 Å². The summed E-state index contributed by atoms with van der Waals surface area (Å²) in [6.45, 7) is 7.53. The van der Waals surface area contributed by atoms with E-state index in [-0.39, 0.29) is 11.3 Å². The van der Waals surface area contributed by atoms with Gasteiger partial charge in [-0.3, -0.25) is 9.79 Å². The summed E-state index contributed by atoms with van der Waals surface area (Å²) < 4.78 is 0. The van der Waals surface area contributed by atoms with Gasteiger partial charge in [-0.25, -0.2) is 0 Å². The number of carbonyl (C=O) groups excluding carboxylic acids is 1. The molecule has 3 N–H and O–H groups in total. The Labute approximate surface area is 162 Å². The summed E-state index contributed by atoms with van der Waals surface area (Å²) in [6.07, 6.45) is 0.878. The van der Waals surface area contributed by atoms with Crippen LogP contribution in [-0.2, 0) is 16.6 Å². The van der Waals surface area contributed by atoms with Gasteiger partial charge in [0.25, 0.3) is 0 Å². The third-order valence-corrected chi connectivity index (χ3v) is 4.46. The van der Waals surface area contributed by atoms with E-state index in [9.17, 15) is 4.79 Å². The van der Waals surface area contributed by atoms with E-state index in [1.807, 2.05) is 30.3 Å². The number of benzene rings is 2. The monoisotopic (exact) mass is 366 g/mol. The molecule has 0 aliphatic carbocycles. The number of amides is 1. The van der Waals surface area contributed by atoms with E-state index in [4.69, 9.17) is 0 Å². The van der Waals surface area contributed by atoms with Crippen LogP contribution >= 0.6 is 0 Å². The lowest BCUT2D eigenvalue weighted by Gasteiger charge is -2.26. The Balaban J connectivity index is 1.79. The zero-order valence-corrected chi connectivity index (χ0v) is 16.7. The van der Waals surface area contributed by atoms with Crippen LogP contribution in [0.5, 0.6) is 0 Å². The van der Waals surface area contributed by atoms with Gasteiger partial charge in [0.15, 0.2) is 5.96 Å². The smallest absolute Gasteiger partial charge is 0.221 e. The summed E-state index contributed by atoms with van der Waals surface area (Å²) in [5, 5.41) is 9.55. The van der Waals surface area contributed by atoms with Gasteiger partial charge in [-0.05, 0) is 29.7 Å². The molecule has 0 bridgehead atoms. The Morgan fingerprint density at radius 2 is 1.67 bits per heavy atom. The van der Waals surface area contributed by atoms with Crippen LogP contribution in [0.4, 0.5) is 5.69 Å². The molecular formula is C22H30N4O. The van der Waals surface area contributed by atoms with Crippen molar-refractivity contribution < 1.29 is 4.79 Å². The Kier molecular flexibility index (Phi) is 7.41. The van der Waals surface area contributed by atoms with Crippen LogP contribution in [0.3, 0.4) is 0 Å². The van der Waals surface area contributed by atoms with Crippen molar-refractivity contribution in [3.63, 3.8) is 0 Å². The Hall–Kier alpha value is -2.82. The third kappa shape index (κ3) is 6.77. The number of anilines is 1. The average Bonchev–Trinajstić information content (AvgIpc) is 2.66. The fraction of sp³-hybridized carbons (Fsp3) is 0.364. The standard InChI is InChI=1S/C22H30N4O/c1-17(27)26-20-12-10-18(11-13-20)14-15-24-21(23-4)25-16-22(2,3)19-8-6-5-7-9-19/h5-13H,14-16H2,1-4H3,(H,26,27)(H2,23,24,25). The first kappa shape index (κ1) is 20.5. The summed E-state index contributed by atoms with van der Waals surface area (Å²) in [5.74, 6) is 0.742. The molecule has 5 heteroatoms. The fourth-order valence-corrected chi connectivity index (χ4v) is 2.80. The van der Waals surface area contributed by atoms with Crippen molar-refractivity contribution in [2.75, 3.05) is 25.5 Å². The van der Waals surface area contributed by atoms with Crippen molar-refractivity contribution in [1.82, 2.24) is 10.6 Å². The molecule has 1 amide bonds. The van der Waals surface area contributed by atoms with Crippen LogP contribution in [0, 0.1) is 0 Å². The number of hydrogen-bond acceptors (Lipinski definition) is 2. The highest BCUT2D eigenvalue weighted by molar-refractivity contribution is 5.88. The number of carbonyl (C=O) groups is 1. The molecule has 0 aliphatic heterocycles. The van der Waals surface area contributed by atoms with Gasteiger partial charge in [0.1, 0.15) is 0 Å². The van der Waals surface area contributed by atoms with E-state index in [1.54, 1.807) is 7.05 Å². The Morgan fingerprint density at radius 1 is 1.00 bits per heavy atom.